The Balaban J connectivity index is 2.17. The lowest BCUT2D eigenvalue weighted by atomic mass is 9.96. The Labute approximate surface area is 109 Å². The minimum atomic E-state index is 0.117. The summed E-state index contributed by atoms with van der Waals surface area (Å²) in [4.78, 5) is 14.5. The summed E-state index contributed by atoms with van der Waals surface area (Å²) < 4.78 is 0. The molecule has 2 atom stereocenters. The predicted molar refractivity (Wildman–Crippen MR) is 74.7 cm³/mol. The van der Waals surface area contributed by atoms with Gasteiger partial charge in [-0.05, 0) is 38.4 Å². The molecule has 3 nitrogen and oxygen atoms in total. The summed E-state index contributed by atoms with van der Waals surface area (Å²) in [5.74, 6) is 0.794. The van der Waals surface area contributed by atoms with E-state index in [0.717, 1.165) is 25.3 Å². The molecule has 3 heteroatoms. The number of aryl methyl sites for hydroxylation is 1. The second kappa shape index (κ2) is 5.53. The Hall–Kier alpha value is -1.35. The Morgan fingerprint density at radius 3 is 2.50 bits per heavy atom. The minimum Gasteiger partial charge on any atom is -0.316 e. The molecule has 1 aliphatic rings. The molecule has 0 aliphatic carbocycles. The zero-order valence-corrected chi connectivity index (χ0v) is 11.4. The van der Waals surface area contributed by atoms with Crippen molar-refractivity contribution in [1.29, 1.82) is 0 Å². The molecule has 0 spiro atoms. The van der Waals surface area contributed by atoms with Crippen LogP contribution in [0, 0.1) is 18.8 Å². The number of nitrogens with one attached hydrogen (secondary N) is 1. The number of benzene rings is 1. The SMILES string of the molecule is CCN(C(=O)[C@@H]1CNC[C@H]1C)c1ccc(C)cc1. The highest BCUT2D eigenvalue weighted by molar-refractivity contribution is 5.95. The van der Waals surface area contributed by atoms with E-state index in [1.807, 2.05) is 24.0 Å². The van der Waals surface area contributed by atoms with Crippen molar-refractivity contribution in [2.45, 2.75) is 20.8 Å². The van der Waals surface area contributed by atoms with Crippen LogP contribution in [0.5, 0.6) is 0 Å². The number of carbonyl (C=O) groups is 1. The molecule has 0 unspecified atom stereocenters. The van der Waals surface area contributed by atoms with E-state index in [0.29, 0.717) is 5.92 Å². The van der Waals surface area contributed by atoms with Crippen LogP contribution in [0.3, 0.4) is 0 Å². The van der Waals surface area contributed by atoms with E-state index in [-0.39, 0.29) is 11.8 Å². The third kappa shape index (κ3) is 2.56. The molecule has 0 bridgehead atoms. The summed E-state index contributed by atoms with van der Waals surface area (Å²) in [5, 5.41) is 3.30. The van der Waals surface area contributed by atoms with Gasteiger partial charge in [0.2, 0.25) is 5.91 Å². The van der Waals surface area contributed by atoms with Gasteiger partial charge in [0.15, 0.2) is 0 Å². The first-order valence-electron chi connectivity index (χ1n) is 6.72. The molecule has 18 heavy (non-hydrogen) atoms. The number of hydrogen-bond acceptors (Lipinski definition) is 2. The Bertz CT molecular complexity index is 413. The molecule has 98 valence electrons. The summed E-state index contributed by atoms with van der Waals surface area (Å²) in [6.45, 7) is 8.72. The molecule has 1 heterocycles. The number of carbonyl (C=O) groups excluding carboxylic acids is 1. The summed E-state index contributed by atoms with van der Waals surface area (Å²) in [6, 6.07) is 8.18. The van der Waals surface area contributed by atoms with Gasteiger partial charge < -0.3 is 10.2 Å². The van der Waals surface area contributed by atoms with Gasteiger partial charge in [0.05, 0.1) is 5.92 Å². The summed E-state index contributed by atoms with van der Waals surface area (Å²) in [7, 11) is 0. The van der Waals surface area contributed by atoms with E-state index in [4.69, 9.17) is 0 Å². The van der Waals surface area contributed by atoms with Crippen LogP contribution in [0.25, 0.3) is 0 Å². The van der Waals surface area contributed by atoms with Gasteiger partial charge in [-0.1, -0.05) is 24.6 Å². The predicted octanol–water partition coefficient (Wildman–Crippen LogP) is 2.20. The van der Waals surface area contributed by atoms with Crippen molar-refractivity contribution in [3.8, 4) is 0 Å². The summed E-state index contributed by atoms with van der Waals surface area (Å²) >= 11 is 0. The largest absolute Gasteiger partial charge is 0.316 e. The summed E-state index contributed by atoms with van der Waals surface area (Å²) in [6.07, 6.45) is 0. The van der Waals surface area contributed by atoms with Gasteiger partial charge in [0.1, 0.15) is 0 Å². The normalized spacial score (nSPS) is 23.1. The topological polar surface area (TPSA) is 32.3 Å². The van der Waals surface area contributed by atoms with Crippen molar-refractivity contribution >= 4 is 11.6 Å². The average molecular weight is 246 g/mol. The maximum Gasteiger partial charge on any atom is 0.231 e. The van der Waals surface area contributed by atoms with Crippen LogP contribution >= 0.6 is 0 Å². The van der Waals surface area contributed by atoms with Gasteiger partial charge in [-0.25, -0.2) is 0 Å². The van der Waals surface area contributed by atoms with Crippen LogP contribution in [0.2, 0.25) is 0 Å². The van der Waals surface area contributed by atoms with Crippen LogP contribution in [0.1, 0.15) is 19.4 Å². The molecule has 1 saturated heterocycles. The van der Waals surface area contributed by atoms with Crippen LogP contribution in [0.4, 0.5) is 5.69 Å². The van der Waals surface area contributed by atoms with Crippen molar-refractivity contribution < 1.29 is 4.79 Å². The van der Waals surface area contributed by atoms with Crippen LogP contribution in [-0.2, 0) is 4.79 Å². The lowest BCUT2D eigenvalue weighted by molar-refractivity contribution is -0.122. The van der Waals surface area contributed by atoms with Gasteiger partial charge >= 0.3 is 0 Å². The molecule has 1 aromatic rings. The highest BCUT2D eigenvalue weighted by Gasteiger charge is 2.32. The van der Waals surface area contributed by atoms with E-state index in [1.165, 1.54) is 5.56 Å². The number of rotatable bonds is 3. The molecule has 1 aliphatic heterocycles. The maximum absolute atomic E-state index is 12.6. The lowest BCUT2D eigenvalue weighted by Gasteiger charge is -2.26. The highest BCUT2D eigenvalue weighted by Crippen LogP contribution is 2.23. The standard InChI is InChI=1S/C15H22N2O/c1-4-17(13-7-5-11(2)6-8-13)15(18)14-10-16-9-12(14)3/h5-8,12,14,16H,4,9-10H2,1-3H3/t12-,14-/m1/s1. The lowest BCUT2D eigenvalue weighted by Crippen LogP contribution is -2.38. The molecule has 0 saturated carbocycles. The molecule has 0 radical (unpaired) electrons. The fraction of sp³-hybridized carbons (Fsp3) is 0.533. The van der Waals surface area contributed by atoms with E-state index in [9.17, 15) is 4.79 Å². The van der Waals surface area contributed by atoms with E-state index < -0.39 is 0 Å². The van der Waals surface area contributed by atoms with Crippen molar-refractivity contribution in [2.24, 2.45) is 11.8 Å². The fourth-order valence-electron chi connectivity index (χ4n) is 2.53. The number of amides is 1. The van der Waals surface area contributed by atoms with Crippen LogP contribution in [0.15, 0.2) is 24.3 Å². The first-order chi connectivity index (χ1) is 8.63. The second-order valence-electron chi connectivity index (χ2n) is 5.16. The maximum atomic E-state index is 12.6. The first-order valence-corrected chi connectivity index (χ1v) is 6.72. The van der Waals surface area contributed by atoms with Gasteiger partial charge in [0.25, 0.3) is 0 Å². The van der Waals surface area contributed by atoms with Gasteiger partial charge in [-0.2, -0.15) is 0 Å². The Morgan fingerprint density at radius 2 is 2.00 bits per heavy atom. The Morgan fingerprint density at radius 1 is 1.33 bits per heavy atom. The molecule has 2 rings (SSSR count). The zero-order chi connectivity index (χ0) is 13.1. The molecule has 1 amide bonds. The van der Waals surface area contributed by atoms with E-state index in [1.54, 1.807) is 0 Å². The van der Waals surface area contributed by atoms with E-state index in [2.05, 4.69) is 31.3 Å². The molecule has 0 aromatic heterocycles. The average Bonchev–Trinajstić information content (AvgIpc) is 2.78. The van der Waals surface area contributed by atoms with Crippen molar-refractivity contribution in [3.63, 3.8) is 0 Å². The fourth-order valence-corrected chi connectivity index (χ4v) is 2.53. The van der Waals surface area contributed by atoms with Crippen LogP contribution in [-0.4, -0.2) is 25.5 Å². The molecule has 1 fully saturated rings. The highest BCUT2D eigenvalue weighted by atomic mass is 16.2. The number of nitrogens with zero attached hydrogens (tertiary/aromatic N) is 1. The third-order valence-electron chi connectivity index (χ3n) is 3.76. The van der Waals surface area contributed by atoms with Gasteiger partial charge in [-0.3, -0.25) is 4.79 Å². The van der Waals surface area contributed by atoms with Crippen LogP contribution < -0.4 is 10.2 Å². The second-order valence-corrected chi connectivity index (χ2v) is 5.16. The van der Waals surface area contributed by atoms with Crippen molar-refractivity contribution in [1.82, 2.24) is 5.32 Å². The molecule has 1 N–H and O–H groups in total. The summed E-state index contributed by atoms with van der Waals surface area (Å²) in [5.41, 5.74) is 2.23. The first kappa shape index (κ1) is 13.1. The van der Waals surface area contributed by atoms with Crippen molar-refractivity contribution in [3.05, 3.63) is 29.8 Å². The molecular formula is C15H22N2O. The number of anilines is 1. The number of hydrogen-bond donors (Lipinski definition) is 1. The monoisotopic (exact) mass is 246 g/mol. The Kier molecular flexibility index (Phi) is 4.02. The quantitative estimate of drug-likeness (QED) is 0.887. The minimum absolute atomic E-state index is 0.117. The van der Waals surface area contributed by atoms with Crippen molar-refractivity contribution in [2.75, 3.05) is 24.5 Å². The van der Waals surface area contributed by atoms with Gasteiger partial charge in [0, 0.05) is 18.8 Å². The molecular weight excluding hydrogens is 224 g/mol. The van der Waals surface area contributed by atoms with E-state index >= 15 is 0 Å². The smallest absolute Gasteiger partial charge is 0.231 e. The third-order valence-corrected chi connectivity index (χ3v) is 3.76. The molecule has 1 aromatic carbocycles. The van der Waals surface area contributed by atoms with Gasteiger partial charge in [-0.15, -0.1) is 0 Å². The zero-order valence-electron chi connectivity index (χ0n) is 11.4.